The molecule has 57 heavy (non-hydrogen) atoms. The van der Waals surface area contributed by atoms with E-state index in [1.807, 2.05) is 115 Å². The molecule has 0 aliphatic carbocycles. The Kier molecular flexibility index (Phi) is 11.3. The molecule has 0 bridgehead atoms. The molecular formula is C46H40F3N3O4S. The zero-order chi connectivity index (χ0) is 40.0. The molecule has 1 atom stereocenters. The minimum absolute atomic E-state index is 0.195. The quantitative estimate of drug-likeness (QED) is 0.105. The second kappa shape index (κ2) is 16.5. The monoisotopic (exact) mass is 787 g/mol. The summed E-state index contributed by atoms with van der Waals surface area (Å²) in [7, 11) is -0.969. The predicted octanol–water partition coefficient (Wildman–Crippen LogP) is 9.27. The predicted molar refractivity (Wildman–Crippen MR) is 218 cm³/mol. The minimum atomic E-state index is -4.05. The van der Waals surface area contributed by atoms with Crippen LogP contribution < -0.4 is 14.8 Å². The molecule has 0 saturated heterocycles. The number of hydrogen-bond acceptors (Lipinski definition) is 7. The van der Waals surface area contributed by atoms with Crippen molar-refractivity contribution in [2.24, 2.45) is 9.98 Å². The Balaban J connectivity index is 1.45. The van der Waals surface area contributed by atoms with Gasteiger partial charge in [0.05, 0.1) is 31.4 Å². The molecule has 0 fully saturated rings. The number of halogens is 3. The number of sulfone groups is 1. The number of nitrogens with zero attached hydrogens (tertiary/aromatic N) is 2. The van der Waals surface area contributed by atoms with E-state index >= 15 is 13.2 Å². The SMILES string of the molecule is COc1ccc(C(NC2=NC(c3cc(N=C(c4ccccc4)c4ccccc4)ccc3F)(C(F)F)CCS(=O)(=O)C2)(c2ccccc2)c2ccc(OC)cc2)cc1. The summed E-state index contributed by atoms with van der Waals surface area (Å²) in [6.45, 7) is 0. The normalized spacial score (nSPS) is 16.6. The number of amidine groups is 1. The van der Waals surface area contributed by atoms with E-state index in [0.29, 0.717) is 33.9 Å². The standard InChI is InChI=1S/C46H40F3N3O4S/c1-55-38-23-18-35(19-24-38)46(34-16-10-5-11-17-34,36-20-25-39(56-2)26-21-36)52-42-31-57(53,54)29-28-45(51-42,44(48)49)40-30-37(22-27-41(40)47)50-43(32-12-6-3-7-13-32)33-14-8-4-9-15-33/h3-27,30,44H,28-29,31H2,1-2H3,(H,51,52). The van der Waals surface area contributed by atoms with Crippen LogP contribution in [0, 0.1) is 5.82 Å². The fraction of sp³-hybridized carbons (Fsp3) is 0.174. The Bertz CT molecular complexity index is 2390. The van der Waals surface area contributed by atoms with E-state index in [1.54, 1.807) is 38.5 Å². The third kappa shape index (κ3) is 8.06. The first kappa shape index (κ1) is 39.1. The van der Waals surface area contributed by atoms with Gasteiger partial charge in [-0.3, -0.25) is 4.99 Å². The highest BCUT2D eigenvalue weighted by Gasteiger charge is 2.48. The van der Waals surface area contributed by atoms with E-state index in [2.05, 4.69) is 10.3 Å². The molecule has 0 amide bonds. The molecule has 290 valence electrons. The summed E-state index contributed by atoms with van der Waals surface area (Å²) in [6.07, 6.45) is -3.98. The van der Waals surface area contributed by atoms with E-state index in [4.69, 9.17) is 14.5 Å². The van der Waals surface area contributed by atoms with Crippen LogP contribution in [0.25, 0.3) is 0 Å². The maximum Gasteiger partial charge on any atom is 0.267 e. The van der Waals surface area contributed by atoms with Gasteiger partial charge in [-0.05, 0) is 65.6 Å². The summed E-state index contributed by atoms with van der Waals surface area (Å²) in [4.78, 5) is 9.50. The van der Waals surface area contributed by atoms with Crippen molar-refractivity contribution < 1.29 is 31.1 Å². The number of ether oxygens (including phenoxy) is 2. The van der Waals surface area contributed by atoms with Gasteiger partial charge in [0.2, 0.25) is 0 Å². The molecule has 6 aromatic rings. The molecule has 7 nitrogen and oxygen atoms in total. The molecular weight excluding hydrogens is 748 g/mol. The first-order valence-corrected chi connectivity index (χ1v) is 20.1. The van der Waals surface area contributed by atoms with Crippen LogP contribution in [0.5, 0.6) is 11.5 Å². The summed E-state index contributed by atoms with van der Waals surface area (Å²) >= 11 is 0. The van der Waals surface area contributed by atoms with Gasteiger partial charge in [0.15, 0.2) is 15.4 Å². The van der Waals surface area contributed by atoms with Crippen molar-refractivity contribution in [2.75, 3.05) is 25.7 Å². The van der Waals surface area contributed by atoms with Crippen molar-refractivity contribution in [2.45, 2.75) is 23.9 Å². The molecule has 0 aromatic heterocycles. The zero-order valence-corrected chi connectivity index (χ0v) is 32.1. The van der Waals surface area contributed by atoms with Crippen LogP contribution >= 0.6 is 0 Å². The van der Waals surface area contributed by atoms with Gasteiger partial charge in [-0.2, -0.15) is 0 Å². The third-order valence-corrected chi connectivity index (χ3v) is 11.7. The van der Waals surface area contributed by atoms with Gasteiger partial charge < -0.3 is 14.8 Å². The lowest BCUT2D eigenvalue weighted by Gasteiger charge is -2.39. The third-order valence-electron chi connectivity index (χ3n) is 10.2. The number of methoxy groups -OCH3 is 2. The van der Waals surface area contributed by atoms with Crippen LogP contribution in [0.4, 0.5) is 18.9 Å². The summed E-state index contributed by atoms with van der Waals surface area (Å²) in [5.41, 5.74) is -0.288. The second-order valence-corrected chi connectivity index (χ2v) is 15.9. The molecule has 11 heteroatoms. The highest BCUT2D eigenvalue weighted by molar-refractivity contribution is 7.92. The Labute approximate surface area is 330 Å². The average molecular weight is 788 g/mol. The maximum atomic E-state index is 16.2. The number of rotatable bonds is 11. The molecule has 6 aromatic carbocycles. The molecule has 0 saturated carbocycles. The summed E-state index contributed by atoms with van der Waals surface area (Å²) in [5.74, 6) is -1.44. The Morgan fingerprint density at radius 3 is 1.70 bits per heavy atom. The van der Waals surface area contributed by atoms with Gasteiger partial charge in [-0.25, -0.2) is 26.6 Å². The number of alkyl halides is 2. The van der Waals surface area contributed by atoms with Crippen molar-refractivity contribution >= 4 is 27.1 Å². The van der Waals surface area contributed by atoms with Crippen molar-refractivity contribution in [3.05, 3.63) is 197 Å². The largest absolute Gasteiger partial charge is 0.497 e. The molecule has 1 heterocycles. The summed E-state index contributed by atoms with van der Waals surface area (Å²) < 4.78 is 86.6. The van der Waals surface area contributed by atoms with Crippen LogP contribution in [-0.4, -0.2) is 52.1 Å². The van der Waals surface area contributed by atoms with Crippen molar-refractivity contribution in [1.29, 1.82) is 0 Å². The highest BCUT2D eigenvalue weighted by Crippen LogP contribution is 2.43. The van der Waals surface area contributed by atoms with Crippen LogP contribution in [0.1, 0.15) is 39.8 Å². The van der Waals surface area contributed by atoms with Crippen LogP contribution in [-0.2, 0) is 20.9 Å². The van der Waals surface area contributed by atoms with Gasteiger partial charge in [0.1, 0.15) is 34.4 Å². The highest BCUT2D eigenvalue weighted by atomic mass is 32.2. The van der Waals surface area contributed by atoms with Crippen LogP contribution in [0.15, 0.2) is 168 Å². The first-order valence-electron chi connectivity index (χ1n) is 18.3. The van der Waals surface area contributed by atoms with E-state index in [9.17, 15) is 8.42 Å². The van der Waals surface area contributed by atoms with E-state index in [0.717, 1.165) is 17.2 Å². The van der Waals surface area contributed by atoms with Crippen molar-refractivity contribution in [3.63, 3.8) is 0 Å². The van der Waals surface area contributed by atoms with Crippen molar-refractivity contribution in [1.82, 2.24) is 5.32 Å². The Hall–Kier alpha value is -6.20. The average Bonchev–Trinajstić information content (AvgIpc) is 3.38. The molecule has 1 aliphatic heterocycles. The summed E-state index contributed by atoms with van der Waals surface area (Å²) in [6, 6.07) is 45.9. The van der Waals surface area contributed by atoms with Gasteiger partial charge in [-0.1, -0.05) is 115 Å². The lowest BCUT2D eigenvalue weighted by atomic mass is 9.76. The van der Waals surface area contributed by atoms with Gasteiger partial charge in [0, 0.05) is 16.7 Å². The number of benzene rings is 6. The lowest BCUT2D eigenvalue weighted by molar-refractivity contribution is 0.0494. The molecule has 0 spiro atoms. The lowest BCUT2D eigenvalue weighted by Crippen LogP contribution is -2.50. The van der Waals surface area contributed by atoms with Gasteiger partial charge in [-0.15, -0.1) is 0 Å². The smallest absolute Gasteiger partial charge is 0.267 e. The van der Waals surface area contributed by atoms with Crippen LogP contribution in [0.2, 0.25) is 0 Å². The molecule has 1 N–H and O–H groups in total. The Morgan fingerprint density at radius 2 is 1.21 bits per heavy atom. The van der Waals surface area contributed by atoms with Gasteiger partial charge in [0.25, 0.3) is 6.43 Å². The van der Waals surface area contributed by atoms with E-state index < -0.39 is 56.6 Å². The van der Waals surface area contributed by atoms with E-state index in [-0.39, 0.29) is 11.5 Å². The molecule has 7 rings (SSSR count). The fourth-order valence-electron chi connectivity index (χ4n) is 7.29. The molecule has 1 unspecified atom stereocenters. The topological polar surface area (TPSA) is 89.4 Å². The van der Waals surface area contributed by atoms with Gasteiger partial charge >= 0.3 is 0 Å². The zero-order valence-electron chi connectivity index (χ0n) is 31.3. The number of nitrogens with one attached hydrogen (secondary N) is 1. The van der Waals surface area contributed by atoms with Crippen LogP contribution in [0.3, 0.4) is 0 Å². The molecule has 0 radical (unpaired) electrons. The minimum Gasteiger partial charge on any atom is -0.497 e. The molecule has 1 aliphatic rings. The van der Waals surface area contributed by atoms with Crippen molar-refractivity contribution in [3.8, 4) is 11.5 Å². The maximum absolute atomic E-state index is 16.2. The number of hydrogen-bond donors (Lipinski definition) is 1. The second-order valence-electron chi connectivity index (χ2n) is 13.7. The number of aliphatic imine (C=N–C) groups is 2. The van der Waals surface area contributed by atoms with E-state index in [1.165, 1.54) is 12.1 Å². The summed E-state index contributed by atoms with van der Waals surface area (Å²) in [5, 5.41) is 3.38. The first-order chi connectivity index (χ1) is 27.6. The fourth-order valence-corrected chi connectivity index (χ4v) is 8.61. The Morgan fingerprint density at radius 1 is 0.719 bits per heavy atom.